The summed E-state index contributed by atoms with van der Waals surface area (Å²) >= 11 is 0. The maximum Gasteiger partial charge on any atom is 0.331 e. The topological polar surface area (TPSA) is 109 Å². The highest BCUT2D eigenvalue weighted by Gasteiger charge is 2.34. The maximum absolute atomic E-state index is 12.7. The number of nitrogens with one attached hydrogen (secondary N) is 1. The molecule has 2 aromatic carbocycles. The number of hydrogen-bond acceptors (Lipinski definition) is 7. The molecule has 1 aromatic heterocycles. The number of hydrazone groups is 1. The number of hydrogen-bond donors (Lipinski definition) is 2. The van der Waals surface area contributed by atoms with Gasteiger partial charge >= 0.3 is 5.69 Å². The third-order valence-corrected chi connectivity index (χ3v) is 5.48. The fourth-order valence-corrected chi connectivity index (χ4v) is 3.98. The van der Waals surface area contributed by atoms with Crippen LogP contribution < -0.4 is 25.7 Å². The van der Waals surface area contributed by atoms with E-state index in [-0.39, 0.29) is 24.9 Å². The molecule has 3 heterocycles. The molecule has 9 nitrogen and oxygen atoms in total. The second kappa shape index (κ2) is 7.77. The van der Waals surface area contributed by atoms with Crippen molar-refractivity contribution in [3.05, 3.63) is 93.2 Å². The quantitative estimate of drug-likeness (QED) is 0.600. The number of fused-ring (bicyclic) bond motifs is 1. The molecule has 0 radical (unpaired) electrons. The molecular weight excluding hydrogens is 412 g/mol. The van der Waals surface area contributed by atoms with Gasteiger partial charge in [-0.3, -0.25) is 19.4 Å². The number of aromatic amines is 1. The van der Waals surface area contributed by atoms with Crippen LogP contribution in [0.5, 0.6) is 17.4 Å². The minimum absolute atomic E-state index is 0.0318. The van der Waals surface area contributed by atoms with Gasteiger partial charge in [-0.1, -0.05) is 30.3 Å². The van der Waals surface area contributed by atoms with Crippen LogP contribution in [-0.4, -0.2) is 27.2 Å². The van der Waals surface area contributed by atoms with Gasteiger partial charge in [-0.2, -0.15) is 5.10 Å². The molecule has 0 saturated heterocycles. The second-order valence-corrected chi connectivity index (χ2v) is 7.42. The molecule has 2 aliphatic rings. The summed E-state index contributed by atoms with van der Waals surface area (Å²) < 4.78 is 12.0. The number of ether oxygens (including phenoxy) is 2. The number of aromatic nitrogens is 2. The molecule has 0 spiro atoms. The Morgan fingerprint density at radius 3 is 2.72 bits per heavy atom. The van der Waals surface area contributed by atoms with Crippen LogP contribution in [0.3, 0.4) is 0 Å². The van der Waals surface area contributed by atoms with Crippen molar-refractivity contribution in [3.63, 3.8) is 0 Å². The van der Waals surface area contributed by atoms with Gasteiger partial charge in [-0.15, -0.1) is 6.58 Å². The number of allylic oxidation sites excluding steroid dienone is 1. The third kappa shape index (κ3) is 3.24. The summed E-state index contributed by atoms with van der Waals surface area (Å²) in [4.78, 5) is 27.0. The molecule has 5 rings (SSSR count). The van der Waals surface area contributed by atoms with Gasteiger partial charge < -0.3 is 14.6 Å². The monoisotopic (exact) mass is 432 g/mol. The maximum atomic E-state index is 12.7. The predicted octanol–water partition coefficient (Wildman–Crippen LogP) is 2.51. The van der Waals surface area contributed by atoms with E-state index in [1.54, 1.807) is 5.01 Å². The van der Waals surface area contributed by atoms with Crippen LogP contribution in [0.4, 0.5) is 5.69 Å². The van der Waals surface area contributed by atoms with E-state index in [0.29, 0.717) is 23.6 Å². The van der Waals surface area contributed by atoms with E-state index in [4.69, 9.17) is 9.47 Å². The minimum Gasteiger partial charge on any atom is -0.494 e. The Bertz CT molecular complexity index is 1340. The molecule has 0 bridgehead atoms. The molecular formula is C23H20N4O5. The molecule has 162 valence electrons. The lowest BCUT2D eigenvalue weighted by Crippen LogP contribution is -2.33. The van der Waals surface area contributed by atoms with Gasteiger partial charge in [0, 0.05) is 13.0 Å². The van der Waals surface area contributed by atoms with Crippen molar-refractivity contribution in [2.24, 2.45) is 5.10 Å². The highest BCUT2D eigenvalue weighted by Crippen LogP contribution is 2.41. The fourth-order valence-electron chi connectivity index (χ4n) is 3.98. The molecule has 0 aliphatic carbocycles. The summed E-state index contributed by atoms with van der Waals surface area (Å²) in [6, 6.07) is 14.9. The van der Waals surface area contributed by atoms with Crippen molar-refractivity contribution in [3.8, 4) is 17.4 Å². The summed E-state index contributed by atoms with van der Waals surface area (Å²) in [6.07, 6.45) is 1.79. The van der Waals surface area contributed by atoms with E-state index in [1.807, 2.05) is 48.5 Å². The minimum atomic E-state index is -0.706. The second-order valence-electron chi connectivity index (χ2n) is 7.42. The Labute approximate surface area is 182 Å². The average molecular weight is 432 g/mol. The van der Waals surface area contributed by atoms with E-state index in [9.17, 15) is 14.7 Å². The first-order valence-corrected chi connectivity index (χ1v) is 10.1. The SMILES string of the molecule is C=CCn1c(O)c(C2=NN(c3ccccc3)[C@H](c3ccc4c(c3)OCO4)C2)c(=O)[nH]c1=O. The van der Waals surface area contributed by atoms with Crippen LogP contribution in [0.15, 0.2) is 75.9 Å². The summed E-state index contributed by atoms with van der Waals surface area (Å²) in [5, 5.41) is 17.2. The van der Waals surface area contributed by atoms with Gasteiger partial charge in [0.05, 0.1) is 17.4 Å². The number of anilines is 1. The zero-order chi connectivity index (χ0) is 22.2. The molecule has 0 saturated carbocycles. The highest BCUT2D eigenvalue weighted by molar-refractivity contribution is 6.04. The zero-order valence-electron chi connectivity index (χ0n) is 17.0. The van der Waals surface area contributed by atoms with Gasteiger partial charge in [-0.05, 0) is 29.8 Å². The van der Waals surface area contributed by atoms with Gasteiger partial charge in [0.15, 0.2) is 11.5 Å². The van der Waals surface area contributed by atoms with E-state index in [1.165, 1.54) is 6.08 Å². The summed E-state index contributed by atoms with van der Waals surface area (Å²) in [7, 11) is 0. The van der Waals surface area contributed by atoms with Crippen LogP contribution in [0.1, 0.15) is 23.6 Å². The van der Waals surface area contributed by atoms with Crippen molar-refractivity contribution in [1.82, 2.24) is 9.55 Å². The molecule has 0 amide bonds. The number of para-hydroxylation sites is 1. The first kappa shape index (κ1) is 19.7. The number of benzene rings is 2. The standard InChI is InChI=1S/C23H20N4O5/c1-2-10-26-22(29)20(21(28)24-23(26)30)16-12-17(27(25-16)15-6-4-3-5-7-15)14-8-9-18-19(11-14)32-13-31-18/h2-9,11,17,29H,1,10,12-13H2,(H,24,28,30)/t17-/m0/s1. The number of rotatable bonds is 5. The largest absolute Gasteiger partial charge is 0.494 e. The first-order chi connectivity index (χ1) is 15.6. The van der Waals surface area contributed by atoms with Crippen molar-refractivity contribution >= 4 is 11.4 Å². The number of aromatic hydroxyl groups is 1. The fraction of sp³-hybridized carbons (Fsp3) is 0.174. The lowest BCUT2D eigenvalue weighted by Gasteiger charge is -2.24. The summed E-state index contributed by atoms with van der Waals surface area (Å²) in [5.74, 6) is 0.880. The van der Waals surface area contributed by atoms with Gasteiger partial charge in [0.25, 0.3) is 5.56 Å². The van der Waals surface area contributed by atoms with Crippen LogP contribution in [0.2, 0.25) is 0 Å². The Kier molecular flexibility index (Phi) is 4.78. The summed E-state index contributed by atoms with van der Waals surface area (Å²) in [6.45, 7) is 3.82. The Balaban J connectivity index is 1.62. The molecule has 32 heavy (non-hydrogen) atoms. The zero-order valence-corrected chi connectivity index (χ0v) is 17.0. The summed E-state index contributed by atoms with van der Waals surface area (Å²) in [5.41, 5.74) is 0.671. The van der Waals surface area contributed by atoms with Crippen LogP contribution >= 0.6 is 0 Å². The smallest absolute Gasteiger partial charge is 0.331 e. The van der Waals surface area contributed by atoms with Crippen molar-refractivity contribution in [2.45, 2.75) is 19.0 Å². The van der Waals surface area contributed by atoms with Gasteiger partial charge in [0.1, 0.15) is 5.56 Å². The number of nitrogens with zero attached hydrogens (tertiary/aromatic N) is 3. The lowest BCUT2D eigenvalue weighted by molar-refractivity contribution is 0.174. The molecule has 1 atom stereocenters. The van der Waals surface area contributed by atoms with E-state index >= 15 is 0 Å². The van der Waals surface area contributed by atoms with E-state index in [0.717, 1.165) is 15.8 Å². The van der Waals surface area contributed by atoms with Crippen LogP contribution in [0.25, 0.3) is 0 Å². The molecule has 2 N–H and O–H groups in total. The number of H-pyrrole nitrogens is 1. The van der Waals surface area contributed by atoms with Gasteiger partial charge in [0.2, 0.25) is 12.7 Å². The molecule has 2 aliphatic heterocycles. The molecule has 9 heteroatoms. The Morgan fingerprint density at radius 1 is 1.16 bits per heavy atom. The van der Waals surface area contributed by atoms with Crippen molar-refractivity contribution in [1.29, 1.82) is 0 Å². The van der Waals surface area contributed by atoms with E-state index < -0.39 is 17.1 Å². The van der Waals surface area contributed by atoms with Gasteiger partial charge in [-0.25, -0.2) is 4.79 Å². The Morgan fingerprint density at radius 2 is 1.94 bits per heavy atom. The normalized spacial score (nSPS) is 16.8. The van der Waals surface area contributed by atoms with Crippen LogP contribution in [0, 0.1) is 0 Å². The Hall–Kier alpha value is -4.27. The molecule has 0 unspecified atom stereocenters. The molecule has 3 aromatic rings. The average Bonchev–Trinajstić information content (AvgIpc) is 3.44. The predicted molar refractivity (Wildman–Crippen MR) is 119 cm³/mol. The van der Waals surface area contributed by atoms with Crippen molar-refractivity contribution < 1.29 is 14.6 Å². The molecule has 0 fully saturated rings. The van der Waals surface area contributed by atoms with Crippen LogP contribution in [-0.2, 0) is 6.54 Å². The first-order valence-electron chi connectivity index (χ1n) is 10.1. The van der Waals surface area contributed by atoms with E-state index in [2.05, 4.69) is 16.7 Å². The van der Waals surface area contributed by atoms with Crippen molar-refractivity contribution in [2.75, 3.05) is 11.8 Å². The highest BCUT2D eigenvalue weighted by atomic mass is 16.7. The third-order valence-electron chi connectivity index (χ3n) is 5.48. The lowest BCUT2D eigenvalue weighted by atomic mass is 9.98.